The van der Waals surface area contributed by atoms with Crippen LogP contribution in [0.3, 0.4) is 0 Å². The topological polar surface area (TPSA) is 131 Å². The van der Waals surface area contributed by atoms with E-state index in [1.165, 1.54) is 7.11 Å². The number of aliphatic carboxylic acids is 1. The molecule has 112 valence electrons. The number of nitrogens with one attached hydrogen (secondary N) is 2. The van der Waals surface area contributed by atoms with Gasteiger partial charge in [0.05, 0.1) is 13.7 Å². The second-order valence-electron chi connectivity index (χ2n) is 3.51. The Morgan fingerprint density at radius 3 is 2.42 bits per heavy atom. The van der Waals surface area contributed by atoms with Gasteiger partial charge in [-0.1, -0.05) is 0 Å². The minimum absolute atomic E-state index is 0.00910. The van der Waals surface area contributed by atoms with Crippen LogP contribution in [0.2, 0.25) is 0 Å². The van der Waals surface area contributed by atoms with Gasteiger partial charge in [-0.15, -0.1) is 0 Å². The van der Waals surface area contributed by atoms with Crippen molar-refractivity contribution in [3.8, 4) is 0 Å². The van der Waals surface area contributed by atoms with Gasteiger partial charge in [0.15, 0.2) is 0 Å². The predicted octanol–water partition coefficient (Wildman–Crippen LogP) is -1.54. The molecule has 10 heteroatoms. The zero-order valence-corrected chi connectivity index (χ0v) is 11.5. The van der Waals surface area contributed by atoms with Gasteiger partial charge in [0.25, 0.3) is 10.2 Å². The maximum Gasteiger partial charge on any atom is 0.321 e. The molecule has 0 bridgehead atoms. The molecule has 0 aromatic heterocycles. The third-order valence-electron chi connectivity index (χ3n) is 2.06. The number of ether oxygens (including phenoxy) is 2. The van der Waals surface area contributed by atoms with Gasteiger partial charge in [0.2, 0.25) is 0 Å². The maximum absolute atomic E-state index is 11.5. The highest BCUT2D eigenvalue weighted by molar-refractivity contribution is 7.87. The Balaban J connectivity index is 4.40. The van der Waals surface area contributed by atoms with Crippen LogP contribution in [0.1, 0.15) is 12.8 Å². The van der Waals surface area contributed by atoms with Crippen molar-refractivity contribution >= 4 is 22.1 Å². The van der Waals surface area contributed by atoms with E-state index in [4.69, 9.17) is 5.11 Å². The van der Waals surface area contributed by atoms with Gasteiger partial charge in [-0.05, 0) is 6.42 Å². The smallest absolute Gasteiger partial charge is 0.321 e. The first-order valence-electron chi connectivity index (χ1n) is 5.38. The molecule has 0 saturated carbocycles. The predicted molar refractivity (Wildman–Crippen MR) is 64.6 cm³/mol. The van der Waals surface area contributed by atoms with Gasteiger partial charge < -0.3 is 14.6 Å². The van der Waals surface area contributed by atoms with E-state index >= 15 is 0 Å². The average Bonchev–Trinajstić information content (AvgIpc) is 2.33. The van der Waals surface area contributed by atoms with Crippen molar-refractivity contribution in [2.75, 3.05) is 27.4 Å². The zero-order valence-electron chi connectivity index (χ0n) is 10.7. The molecule has 0 amide bonds. The lowest BCUT2D eigenvalue weighted by Gasteiger charge is -2.14. The normalized spacial score (nSPS) is 12.9. The monoisotopic (exact) mass is 298 g/mol. The van der Waals surface area contributed by atoms with Crippen molar-refractivity contribution in [1.82, 2.24) is 9.44 Å². The molecule has 0 radical (unpaired) electrons. The SMILES string of the molecule is COCCNS(=O)(=O)NC(CCC(=O)OC)C(=O)O. The first-order chi connectivity index (χ1) is 8.82. The van der Waals surface area contributed by atoms with Crippen molar-refractivity contribution in [3.05, 3.63) is 0 Å². The molecule has 0 aliphatic heterocycles. The summed E-state index contributed by atoms with van der Waals surface area (Å²) in [5.74, 6) is -1.99. The van der Waals surface area contributed by atoms with Crippen LogP contribution in [-0.2, 0) is 29.3 Å². The number of hydrogen-bond donors (Lipinski definition) is 3. The van der Waals surface area contributed by atoms with Crippen LogP contribution >= 0.6 is 0 Å². The standard InChI is InChI=1S/C9H18N2O7S/c1-17-6-5-10-19(15,16)11-7(9(13)14)3-4-8(12)18-2/h7,10-11H,3-6H2,1-2H3,(H,13,14). The van der Waals surface area contributed by atoms with Crippen molar-refractivity contribution in [3.63, 3.8) is 0 Å². The Kier molecular flexibility index (Phi) is 8.23. The van der Waals surface area contributed by atoms with E-state index in [0.29, 0.717) is 0 Å². The molecule has 1 unspecified atom stereocenters. The fraction of sp³-hybridized carbons (Fsp3) is 0.778. The van der Waals surface area contributed by atoms with Crippen LogP contribution in [0.15, 0.2) is 0 Å². The van der Waals surface area contributed by atoms with Gasteiger partial charge in [-0.3, -0.25) is 9.59 Å². The summed E-state index contributed by atoms with van der Waals surface area (Å²) in [5, 5.41) is 8.86. The van der Waals surface area contributed by atoms with Crippen LogP contribution in [0, 0.1) is 0 Å². The highest BCUT2D eigenvalue weighted by Gasteiger charge is 2.24. The number of carboxylic acids is 1. The molecular weight excluding hydrogens is 280 g/mol. The van der Waals surface area contributed by atoms with Gasteiger partial charge in [-0.25, -0.2) is 0 Å². The summed E-state index contributed by atoms with van der Waals surface area (Å²) < 4.78 is 36.0. The quantitative estimate of drug-likeness (QED) is 0.329. The fourth-order valence-corrected chi connectivity index (χ4v) is 2.13. The molecule has 3 N–H and O–H groups in total. The van der Waals surface area contributed by atoms with Crippen molar-refractivity contribution in [2.45, 2.75) is 18.9 Å². The Hall–Kier alpha value is -1.23. The van der Waals surface area contributed by atoms with E-state index in [-0.39, 0.29) is 26.0 Å². The van der Waals surface area contributed by atoms with Gasteiger partial charge >= 0.3 is 11.9 Å². The summed E-state index contributed by atoms with van der Waals surface area (Å²) in [6, 6.07) is -1.40. The number of methoxy groups -OCH3 is 2. The first kappa shape index (κ1) is 17.8. The van der Waals surface area contributed by atoms with Gasteiger partial charge in [-0.2, -0.15) is 17.9 Å². The van der Waals surface area contributed by atoms with Crippen LogP contribution in [0.5, 0.6) is 0 Å². The average molecular weight is 298 g/mol. The third kappa shape index (κ3) is 8.48. The molecule has 0 aromatic rings. The first-order valence-corrected chi connectivity index (χ1v) is 6.86. The molecule has 9 nitrogen and oxygen atoms in total. The number of hydrogen-bond acceptors (Lipinski definition) is 6. The minimum Gasteiger partial charge on any atom is -0.480 e. The lowest BCUT2D eigenvalue weighted by Crippen LogP contribution is -2.47. The molecular formula is C9H18N2O7S. The Morgan fingerprint density at radius 2 is 1.95 bits per heavy atom. The maximum atomic E-state index is 11.5. The molecule has 0 heterocycles. The highest BCUT2D eigenvalue weighted by Crippen LogP contribution is 2.01. The van der Waals surface area contributed by atoms with Gasteiger partial charge in [0.1, 0.15) is 6.04 Å². The Labute approximate surface area is 111 Å². The molecule has 0 fully saturated rings. The van der Waals surface area contributed by atoms with Crippen molar-refractivity contribution in [1.29, 1.82) is 0 Å². The molecule has 0 aromatic carbocycles. The molecule has 0 aliphatic carbocycles. The molecule has 0 aliphatic rings. The second-order valence-corrected chi connectivity index (χ2v) is 5.05. The Bertz CT molecular complexity index is 395. The number of rotatable bonds is 10. The van der Waals surface area contributed by atoms with E-state index < -0.39 is 28.2 Å². The van der Waals surface area contributed by atoms with E-state index in [0.717, 1.165) is 7.11 Å². The molecule has 0 rings (SSSR count). The van der Waals surface area contributed by atoms with Gasteiger partial charge in [0, 0.05) is 20.1 Å². The third-order valence-corrected chi connectivity index (χ3v) is 3.24. The summed E-state index contributed by atoms with van der Waals surface area (Å²) in [5.41, 5.74) is 0. The summed E-state index contributed by atoms with van der Waals surface area (Å²) in [6.07, 6.45) is -0.402. The molecule has 0 saturated heterocycles. The number of carboxylic acid groups (broad SMARTS) is 1. The largest absolute Gasteiger partial charge is 0.480 e. The second kappa shape index (κ2) is 8.80. The number of carbonyl (C=O) groups excluding carboxylic acids is 1. The summed E-state index contributed by atoms with van der Waals surface area (Å²) in [6.45, 7) is 0.163. The van der Waals surface area contributed by atoms with Crippen LogP contribution in [0.25, 0.3) is 0 Å². The van der Waals surface area contributed by atoms with E-state index in [1.807, 2.05) is 4.72 Å². The summed E-state index contributed by atoms with van der Waals surface area (Å²) in [4.78, 5) is 21.8. The van der Waals surface area contributed by atoms with E-state index in [2.05, 4.69) is 14.2 Å². The van der Waals surface area contributed by atoms with Crippen LogP contribution < -0.4 is 9.44 Å². The molecule has 1 atom stereocenters. The van der Waals surface area contributed by atoms with Crippen LogP contribution in [-0.4, -0.2) is 58.9 Å². The van der Waals surface area contributed by atoms with Crippen molar-refractivity contribution in [2.24, 2.45) is 0 Å². The number of carbonyl (C=O) groups is 2. The molecule has 19 heavy (non-hydrogen) atoms. The van der Waals surface area contributed by atoms with E-state index in [1.54, 1.807) is 0 Å². The lowest BCUT2D eigenvalue weighted by atomic mass is 10.2. The molecule has 0 spiro atoms. The number of esters is 1. The Morgan fingerprint density at radius 1 is 1.32 bits per heavy atom. The van der Waals surface area contributed by atoms with Crippen molar-refractivity contribution < 1.29 is 32.6 Å². The lowest BCUT2D eigenvalue weighted by molar-refractivity contribution is -0.142. The summed E-state index contributed by atoms with van der Waals surface area (Å²) >= 11 is 0. The highest BCUT2D eigenvalue weighted by atomic mass is 32.2. The fourth-order valence-electron chi connectivity index (χ4n) is 1.10. The zero-order chi connectivity index (χ0) is 14.9. The minimum atomic E-state index is -3.97. The van der Waals surface area contributed by atoms with Crippen LogP contribution in [0.4, 0.5) is 0 Å². The summed E-state index contributed by atoms with van der Waals surface area (Å²) in [7, 11) is -1.40. The van der Waals surface area contributed by atoms with E-state index in [9.17, 15) is 18.0 Å².